The second-order valence-electron chi connectivity index (χ2n) is 3.79. The molecule has 0 aliphatic heterocycles. The first kappa shape index (κ1) is 12.8. The summed E-state index contributed by atoms with van der Waals surface area (Å²) in [5, 5.41) is 3.12. The monoisotopic (exact) mass is 190 g/mol. The standard InChI is InChI=1S/C10H23FN2/c1-9(11)6-8-13(4)10(2)5-7-12-3/h9-10,12H,5-8H2,1-4H3. The number of halogens is 1. The molecule has 0 saturated carbocycles. The van der Waals surface area contributed by atoms with Gasteiger partial charge in [-0.2, -0.15) is 0 Å². The number of hydrogen-bond acceptors (Lipinski definition) is 2. The molecule has 0 spiro atoms. The van der Waals surface area contributed by atoms with Crippen molar-refractivity contribution in [3.63, 3.8) is 0 Å². The lowest BCUT2D eigenvalue weighted by Gasteiger charge is -2.24. The van der Waals surface area contributed by atoms with Crippen LogP contribution in [0.2, 0.25) is 0 Å². The van der Waals surface area contributed by atoms with Crippen molar-refractivity contribution in [3.05, 3.63) is 0 Å². The van der Waals surface area contributed by atoms with Crippen molar-refractivity contribution in [3.8, 4) is 0 Å². The van der Waals surface area contributed by atoms with Crippen LogP contribution in [0.15, 0.2) is 0 Å². The summed E-state index contributed by atoms with van der Waals surface area (Å²) < 4.78 is 12.5. The van der Waals surface area contributed by atoms with Gasteiger partial charge in [-0.3, -0.25) is 0 Å². The van der Waals surface area contributed by atoms with E-state index in [4.69, 9.17) is 0 Å². The van der Waals surface area contributed by atoms with E-state index in [-0.39, 0.29) is 0 Å². The van der Waals surface area contributed by atoms with Crippen LogP contribution in [0.1, 0.15) is 26.7 Å². The van der Waals surface area contributed by atoms with E-state index in [2.05, 4.69) is 24.2 Å². The van der Waals surface area contributed by atoms with Crippen LogP contribution < -0.4 is 5.32 Å². The van der Waals surface area contributed by atoms with Crippen LogP contribution in [-0.2, 0) is 0 Å². The van der Waals surface area contributed by atoms with Crippen LogP contribution in [0.5, 0.6) is 0 Å². The Morgan fingerprint density at radius 2 is 1.92 bits per heavy atom. The predicted molar refractivity (Wildman–Crippen MR) is 55.8 cm³/mol. The lowest BCUT2D eigenvalue weighted by atomic mass is 10.2. The minimum absolute atomic E-state index is 0.534. The van der Waals surface area contributed by atoms with Crippen LogP contribution in [0, 0.1) is 0 Å². The third kappa shape index (κ3) is 6.96. The Morgan fingerprint density at radius 1 is 1.31 bits per heavy atom. The topological polar surface area (TPSA) is 15.3 Å². The normalized spacial score (nSPS) is 16.2. The van der Waals surface area contributed by atoms with Crippen molar-refractivity contribution in [2.45, 2.75) is 38.9 Å². The van der Waals surface area contributed by atoms with Crippen molar-refractivity contribution in [1.29, 1.82) is 0 Å². The zero-order valence-electron chi connectivity index (χ0n) is 9.31. The molecular formula is C10H23FN2. The maximum Gasteiger partial charge on any atom is 0.0985 e. The summed E-state index contributed by atoms with van der Waals surface area (Å²) in [5.74, 6) is 0. The highest BCUT2D eigenvalue weighted by atomic mass is 19.1. The number of nitrogens with zero attached hydrogens (tertiary/aromatic N) is 1. The largest absolute Gasteiger partial charge is 0.320 e. The van der Waals surface area contributed by atoms with Crippen LogP contribution >= 0.6 is 0 Å². The first-order chi connectivity index (χ1) is 6.07. The van der Waals surface area contributed by atoms with Crippen LogP contribution in [0.3, 0.4) is 0 Å². The van der Waals surface area contributed by atoms with Crippen molar-refractivity contribution in [2.24, 2.45) is 0 Å². The first-order valence-corrected chi connectivity index (χ1v) is 5.06. The van der Waals surface area contributed by atoms with Crippen molar-refractivity contribution in [2.75, 3.05) is 27.2 Å². The zero-order chi connectivity index (χ0) is 10.3. The van der Waals surface area contributed by atoms with Crippen molar-refractivity contribution >= 4 is 0 Å². The summed E-state index contributed by atoms with van der Waals surface area (Å²) in [6.45, 7) is 5.67. The number of nitrogens with one attached hydrogen (secondary N) is 1. The van der Waals surface area contributed by atoms with Crippen molar-refractivity contribution < 1.29 is 4.39 Å². The predicted octanol–water partition coefficient (Wildman–Crippen LogP) is 1.66. The van der Waals surface area contributed by atoms with E-state index in [0.717, 1.165) is 19.5 Å². The quantitative estimate of drug-likeness (QED) is 0.657. The molecule has 2 atom stereocenters. The highest BCUT2D eigenvalue weighted by molar-refractivity contribution is 4.65. The third-order valence-electron chi connectivity index (χ3n) is 2.44. The summed E-state index contributed by atoms with van der Waals surface area (Å²) in [4.78, 5) is 2.22. The molecule has 3 heteroatoms. The summed E-state index contributed by atoms with van der Waals surface area (Å²) >= 11 is 0. The summed E-state index contributed by atoms with van der Waals surface area (Å²) in [6.07, 6.45) is 1.08. The maximum absolute atomic E-state index is 12.5. The van der Waals surface area contributed by atoms with Crippen molar-refractivity contribution in [1.82, 2.24) is 10.2 Å². The molecule has 0 aliphatic carbocycles. The number of hydrogen-bond donors (Lipinski definition) is 1. The Hall–Kier alpha value is -0.150. The molecule has 0 rings (SSSR count). The van der Waals surface area contributed by atoms with E-state index in [0.29, 0.717) is 12.5 Å². The van der Waals surface area contributed by atoms with Gasteiger partial charge in [-0.15, -0.1) is 0 Å². The molecule has 0 bridgehead atoms. The molecule has 0 aromatic rings. The summed E-state index contributed by atoms with van der Waals surface area (Å²) in [6, 6.07) is 0.534. The Balaban J connectivity index is 3.50. The molecule has 0 aromatic heterocycles. The van der Waals surface area contributed by atoms with Gasteiger partial charge in [0.05, 0.1) is 6.17 Å². The Kier molecular flexibility index (Phi) is 7.19. The minimum atomic E-state index is -0.682. The fourth-order valence-electron chi connectivity index (χ4n) is 1.18. The van der Waals surface area contributed by atoms with E-state index in [1.807, 2.05) is 7.05 Å². The van der Waals surface area contributed by atoms with Crippen LogP contribution in [0.25, 0.3) is 0 Å². The average Bonchev–Trinajstić information content (AvgIpc) is 2.10. The van der Waals surface area contributed by atoms with Gasteiger partial charge in [-0.05, 0) is 47.3 Å². The molecule has 13 heavy (non-hydrogen) atoms. The van der Waals surface area contributed by atoms with Crippen LogP contribution in [0.4, 0.5) is 4.39 Å². The third-order valence-corrected chi connectivity index (χ3v) is 2.44. The van der Waals surface area contributed by atoms with E-state index in [9.17, 15) is 4.39 Å². The highest BCUT2D eigenvalue weighted by Gasteiger charge is 2.09. The Labute approximate surface area is 81.5 Å². The fourth-order valence-corrected chi connectivity index (χ4v) is 1.18. The second kappa shape index (κ2) is 7.27. The van der Waals surface area contributed by atoms with Gasteiger partial charge in [-0.25, -0.2) is 4.39 Å². The molecular weight excluding hydrogens is 167 g/mol. The van der Waals surface area contributed by atoms with Crippen LogP contribution in [-0.4, -0.2) is 44.3 Å². The van der Waals surface area contributed by atoms with E-state index >= 15 is 0 Å². The maximum atomic E-state index is 12.5. The lowest BCUT2D eigenvalue weighted by molar-refractivity contribution is 0.213. The molecule has 2 nitrogen and oxygen atoms in total. The van der Waals surface area contributed by atoms with E-state index in [1.165, 1.54) is 0 Å². The summed E-state index contributed by atoms with van der Waals surface area (Å²) in [5.41, 5.74) is 0. The molecule has 80 valence electrons. The van der Waals surface area contributed by atoms with Gasteiger partial charge in [0.25, 0.3) is 0 Å². The van der Waals surface area contributed by atoms with Gasteiger partial charge in [0.1, 0.15) is 0 Å². The molecule has 0 aromatic carbocycles. The van der Waals surface area contributed by atoms with E-state index in [1.54, 1.807) is 6.92 Å². The van der Waals surface area contributed by atoms with Gasteiger partial charge in [0.2, 0.25) is 0 Å². The lowest BCUT2D eigenvalue weighted by Crippen LogP contribution is -2.33. The molecule has 1 N–H and O–H groups in total. The molecule has 0 fully saturated rings. The highest BCUT2D eigenvalue weighted by Crippen LogP contribution is 2.04. The Bertz CT molecular complexity index is 117. The average molecular weight is 190 g/mol. The minimum Gasteiger partial charge on any atom is -0.320 e. The molecule has 0 amide bonds. The van der Waals surface area contributed by atoms with Gasteiger partial charge in [-0.1, -0.05) is 0 Å². The molecule has 0 heterocycles. The smallest absolute Gasteiger partial charge is 0.0985 e. The van der Waals surface area contributed by atoms with Gasteiger partial charge in [0, 0.05) is 12.6 Å². The first-order valence-electron chi connectivity index (χ1n) is 5.06. The van der Waals surface area contributed by atoms with E-state index < -0.39 is 6.17 Å². The fraction of sp³-hybridized carbons (Fsp3) is 1.00. The zero-order valence-corrected chi connectivity index (χ0v) is 9.31. The second-order valence-corrected chi connectivity index (χ2v) is 3.79. The summed E-state index contributed by atoms with van der Waals surface area (Å²) in [7, 11) is 4.01. The SMILES string of the molecule is CNCCC(C)N(C)CCC(C)F. The number of rotatable bonds is 7. The number of alkyl halides is 1. The molecule has 0 aliphatic rings. The van der Waals surface area contributed by atoms with Gasteiger partial charge >= 0.3 is 0 Å². The molecule has 0 saturated heterocycles. The van der Waals surface area contributed by atoms with Gasteiger partial charge in [0.15, 0.2) is 0 Å². The van der Waals surface area contributed by atoms with Gasteiger partial charge < -0.3 is 10.2 Å². The Morgan fingerprint density at radius 3 is 2.38 bits per heavy atom. The molecule has 0 radical (unpaired) electrons. The molecule has 2 unspecified atom stereocenters.